The van der Waals surface area contributed by atoms with Gasteiger partial charge in [-0.25, -0.2) is 9.78 Å². The van der Waals surface area contributed by atoms with Gasteiger partial charge in [-0.15, -0.1) is 0 Å². The van der Waals surface area contributed by atoms with Crippen molar-refractivity contribution >= 4 is 29.2 Å². The number of pyridine rings is 1. The van der Waals surface area contributed by atoms with E-state index in [-0.39, 0.29) is 16.4 Å². The first-order chi connectivity index (χ1) is 11.7. The normalized spacial score (nSPS) is 12.4. The fourth-order valence-electron chi connectivity index (χ4n) is 1.83. The molecule has 0 spiro atoms. The predicted molar refractivity (Wildman–Crippen MR) is 84.2 cm³/mol. The molecule has 5 nitrogen and oxygen atoms in total. The van der Waals surface area contributed by atoms with Gasteiger partial charge in [0.15, 0.2) is 6.10 Å². The van der Waals surface area contributed by atoms with Crippen molar-refractivity contribution in [2.24, 2.45) is 0 Å². The minimum atomic E-state index is -4.53. The van der Waals surface area contributed by atoms with Crippen LogP contribution in [0.4, 0.5) is 18.9 Å². The lowest BCUT2D eigenvalue weighted by molar-refractivity contribution is -0.137. The molecule has 0 saturated heterocycles. The molecule has 1 aromatic carbocycles. The molecule has 1 atom stereocenters. The van der Waals surface area contributed by atoms with Gasteiger partial charge in [0.25, 0.3) is 5.91 Å². The van der Waals surface area contributed by atoms with Crippen LogP contribution in [-0.2, 0) is 15.7 Å². The molecular formula is C16H12ClF3N2O3. The van der Waals surface area contributed by atoms with Crippen LogP contribution in [0.1, 0.15) is 22.8 Å². The molecule has 132 valence electrons. The Kier molecular flexibility index (Phi) is 5.63. The molecule has 0 fully saturated rings. The van der Waals surface area contributed by atoms with E-state index in [1.54, 1.807) is 0 Å². The summed E-state index contributed by atoms with van der Waals surface area (Å²) in [5.74, 6) is -1.66. The summed E-state index contributed by atoms with van der Waals surface area (Å²) in [7, 11) is 0. The summed E-state index contributed by atoms with van der Waals surface area (Å²) < 4.78 is 42.9. The minimum absolute atomic E-state index is 0.0251. The quantitative estimate of drug-likeness (QED) is 0.652. The van der Waals surface area contributed by atoms with E-state index in [1.807, 2.05) is 0 Å². The maximum absolute atomic E-state index is 12.7. The van der Waals surface area contributed by atoms with Crippen molar-refractivity contribution < 1.29 is 27.5 Å². The van der Waals surface area contributed by atoms with E-state index in [4.69, 9.17) is 16.3 Å². The highest BCUT2D eigenvalue weighted by atomic mass is 35.5. The summed E-state index contributed by atoms with van der Waals surface area (Å²) in [6.45, 7) is 1.28. The number of nitrogens with one attached hydrogen (secondary N) is 1. The van der Waals surface area contributed by atoms with Gasteiger partial charge in [-0.3, -0.25) is 4.79 Å². The minimum Gasteiger partial charge on any atom is -0.449 e. The highest BCUT2D eigenvalue weighted by Crippen LogP contribution is 2.30. The Bertz CT molecular complexity index is 796. The third-order valence-electron chi connectivity index (χ3n) is 3.09. The number of aromatic nitrogens is 1. The number of nitrogens with zero attached hydrogens (tertiary/aromatic N) is 1. The Hall–Kier alpha value is -2.61. The van der Waals surface area contributed by atoms with Crippen molar-refractivity contribution in [1.29, 1.82) is 0 Å². The molecule has 9 heteroatoms. The van der Waals surface area contributed by atoms with E-state index >= 15 is 0 Å². The molecule has 0 aliphatic heterocycles. The Labute approximate surface area is 145 Å². The summed E-state index contributed by atoms with van der Waals surface area (Å²) in [6, 6.07) is 6.95. The second kappa shape index (κ2) is 7.52. The smallest absolute Gasteiger partial charge is 0.416 e. The number of esters is 1. The topological polar surface area (TPSA) is 68.3 Å². The third kappa shape index (κ3) is 4.93. The van der Waals surface area contributed by atoms with Gasteiger partial charge in [-0.05, 0) is 37.3 Å². The number of halogens is 4. The van der Waals surface area contributed by atoms with E-state index < -0.39 is 29.7 Å². The third-order valence-corrected chi connectivity index (χ3v) is 3.39. The van der Waals surface area contributed by atoms with Gasteiger partial charge in [0.2, 0.25) is 0 Å². The fraction of sp³-hybridized carbons (Fsp3) is 0.188. The number of hydrogen-bond donors (Lipinski definition) is 1. The molecule has 1 amide bonds. The highest BCUT2D eigenvalue weighted by molar-refractivity contribution is 6.32. The molecule has 1 aromatic heterocycles. The second-order valence-corrected chi connectivity index (χ2v) is 5.32. The maximum Gasteiger partial charge on any atom is 0.416 e. The largest absolute Gasteiger partial charge is 0.449 e. The lowest BCUT2D eigenvalue weighted by Gasteiger charge is -2.14. The first kappa shape index (κ1) is 18.7. The van der Waals surface area contributed by atoms with Crippen molar-refractivity contribution in [3.05, 3.63) is 58.9 Å². The van der Waals surface area contributed by atoms with Crippen molar-refractivity contribution in [3.8, 4) is 0 Å². The van der Waals surface area contributed by atoms with Crippen LogP contribution in [0.25, 0.3) is 0 Å². The lowest BCUT2D eigenvalue weighted by Crippen LogP contribution is -2.30. The van der Waals surface area contributed by atoms with Crippen LogP contribution < -0.4 is 5.32 Å². The van der Waals surface area contributed by atoms with E-state index in [2.05, 4.69) is 10.3 Å². The number of alkyl halides is 3. The molecule has 2 rings (SSSR count). The molecule has 0 unspecified atom stereocenters. The zero-order valence-electron chi connectivity index (χ0n) is 12.8. The van der Waals surface area contributed by atoms with Gasteiger partial charge >= 0.3 is 12.1 Å². The van der Waals surface area contributed by atoms with Gasteiger partial charge in [-0.2, -0.15) is 13.2 Å². The summed E-state index contributed by atoms with van der Waals surface area (Å²) in [5, 5.41) is 2.18. The molecule has 0 aliphatic rings. The van der Waals surface area contributed by atoms with Crippen LogP contribution in [0.3, 0.4) is 0 Å². The summed E-state index contributed by atoms with van der Waals surface area (Å²) in [4.78, 5) is 27.7. The number of carbonyl (C=O) groups excluding carboxylic acids is 2. The van der Waals surface area contributed by atoms with Crippen molar-refractivity contribution in [2.45, 2.75) is 19.2 Å². The van der Waals surface area contributed by atoms with E-state index in [1.165, 1.54) is 31.3 Å². The van der Waals surface area contributed by atoms with Gasteiger partial charge in [0.05, 0.1) is 11.1 Å². The zero-order valence-corrected chi connectivity index (χ0v) is 13.6. The standard InChI is InChI=1S/C16H12ClF3N2O3/c1-9(25-15(24)12-6-3-7-21-13(12)17)14(23)22-11-5-2-4-10(8-11)16(18,19)20/h2-9H,1H3,(H,22,23)/t9-/m1/s1. The summed E-state index contributed by atoms with van der Waals surface area (Å²) in [6.07, 6.45) is -4.41. The Morgan fingerprint density at radius 1 is 1.24 bits per heavy atom. The molecule has 1 N–H and O–H groups in total. The van der Waals surface area contributed by atoms with Crippen molar-refractivity contribution in [3.63, 3.8) is 0 Å². The number of ether oxygens (including phenoxy) is 1. The molecule has 0 saturated carbocycles. The van der Waals surface area contributed by atoms with Gasteiger partial charge in [-0.1, -0.05) is 17.7 Å². The average Bonchev–Trinajstić information content (AvgIpc) is 2.54. The molecule has 25 heavy (non-hydrogen) atoms. The van der Waals surface area contributed by atoms with Gasteiger partial charge in [0.1, 0.15) is 5.15 Å². The number of carbonyl (C=O) groups is 2. The Morgan fingerprint density at radius 3 is 2.60 bits per heavy atom. The van der Waals surface area contributed by atoms with E-state index in [0.29, 0.717) is 0 Å². The highest BCUT2D eigenvalue weighted by Gasteiger charge is 2.30. The number of benzene rings is 1. The van der Waals surface area contributed by atoms with Crippen LogP contribution in [0.5, 0.6) is 0 Å². The first-order valence-electron chi connectivity index (χ1n) is 6.98. The van der Waals surface area contributed by atoms with Crippen molar-refractivity contribution in [1.82, 2.24) is 4.98 Å². The van der Waals surface area contributed by atoms with Crippen LogP contribution in [0.15, 0.2) is 42.6 Å². The molecule has 0 bridgehead atoms. The predicted octanol–water partition coefficient (Wildman–Crippen LogP) is 3.94. The molecule has 1 heterocycles. The number of amides is 1. The van der Waals surface area contributed by atoms with Crippen molar-refractivity contribution in [2.75, 3.05) is 5.32 Å². The van der Waals surface area contributed by atoms with Crippen LogP contribution in [-0.4, -0.2) is 23.0 Å². The average molecular weight is 373 g/mol. The summed E-state index contributed by atoms with van der Waals surface area (Å²) >= 11 is 5.75. The number of hydrogen-bond acceptors (Lipinski definition) is 4. The molecule has 2 aromatic rings. The molecule has 0 radical (unpaired) electrons. The number of anilines is 1. The van der Waals surface area contributed by atoms with Gasteiger partial charge < -0.3 is 10.1 Å². The maximum atomic E-state index is 12.7. The Balaban J connectivity index is 2.04. The fourth-order valence-corrected chi connectivity index (χ4v) is 2.03. The molecular weight excluding hydrogens is 361 g/mol. The van der Waals surface area contributed by atoms with Gasteiger partial charge in [0, 0.05) is 11.9 Å². The van der Waals surface area contributed by atoms with Crippen LogP contribution in [0.2, 0.25) is 5.15 Å². The van der Waals surface area contributed by atoms with E-state index in [0.717, 1.165) is 18.2 Å². The SMILES string of the molecule is C[C@@H](OC(=O)c1cccnc1Cl)C(=O)Nc1cccc(C(F)(F)F)c1. The number of rotatable bonds is 4. The second-order valence-electron chi connectivity index (χ2n) is 4.96. The Morgan fingerprint density at radius 2 is 1.96 bits per heavy atom. The van der Waals surface area contributed by atoms with Crippen LogP contribution in [0, 0.1) is 0 Å². The monoisotopic (exact) mass is 372 g/mol. The zero-order chi connectivity index (χ0) is 18.6. The summed E-state index contributed by atoms with van der Waals surface area (Å²) in [5.41, 5.74) is -0.998. The first-order valence-corrected chi connectivity index (χ1v) is 7.36. The molecule has 0 aliphatic carbocycles. The van der Waals surface area contributed by atoms with E-state index in [9.17, 15) is 22.8 Å². The van der Waals surface area contributed by atoms with Crippen LogP contribution >= 0.6 is 11.6 Å². The lowest BCUT2D eigenvalue weighted by atomic mass is 10.2.